The first-order valence-electron chi connectivity index (χ1n) is 7.07. The molecule has 0 bridgehead atoms. The van der Waals surface area contributed by atoms with Gasteiger partial charge < -0.3 is 5.32 Å². The van der Waals surface area contributed by atoms with Gasteiger partial charge in [0.1, 0.15) is 0 Å². The Kier molecular flexibility index (Phi) is 3.46. The van der Waals surface area contributed by atoms with E-state index in [1.807, 2.05) is 11.3 Å². The fourth-order valence-electron chi connectivity index (χ4n) is 2.87. The number of thiophene rings is 1. The predicted molar refractivity (Wildman–Crippen MR) is 83.1 cm³/mol. The summed E-state index contributed by atoms with van der Waals surface area (Å²) in [5.74, 6) is 0. The van der Waals surface area contributed by atoms with Crippen LogP contribution in [0.2, 0.25) is 0 Å². The van der Waals surface area contributed by atoms with Gasteiger partial charge in [-0.3, -0.25) is 0 Å². The van der Waals surface area contributed by atoms with Crippen molar-refractivity contribution in [2.75, 3.05) is 13.1 Å². The third kappa shape index (κ3) is 2.47. The third-order valence-corrected chi connectivity index (χ3v) is 5.37. The molecule has 0 saturated carbocycles. The second-order valence-electron chi connectivity index (χ2n) is 5.65. The minimum atomic E-state index is 0.321. The van der Waals surface area contributed by atoms with E-state index in [-0.39, 0.29) is 0 Å². The van der Waals surface area contributed by atoms with Crippen LogP contribution in [0.15, 0.2) is 36.4 Å². The van der Waals surface area contributed by atoms with E-state index in [0.717, 1.165) is 19.5 Å². The van der Waals surface area contributed by atoms with E-state index < -0.39 is 0 Å². The molecule has 1 nitrogen and oxygen atoms in total. The maximum Gasteiger partial charge on any atom is 0.0250 e. The van der Waals surface area contributed by atoms with Gasteiger partial charge in [0, 0.05) is 28.3 Å². The van der Waals surface area contributed by atoms with E-state index in [0.29, 0.717) is 5.41 Å². The summed E-state index contributed by atoms with van der Waals surface area (Å²) in [4.78, 5) is 3.03. The molecule has 1 aliphatic heterocycles. The Bertz CT molecular complexity index is 566. The molecule has 1 saturated heterocycles. The molecular formula is C17H21NS. The summed E-state index contributed by atoms with van der Waals surface area (Å²) in [6.45, 7) is 6.63. The van der Waals surface area contributed by atoms with Gasteiger partial charge in [-0.2, -0.15) is 0 Å². The van der Waals surface area contributed by atoms with Crippen LogP contribution in [0.3, 0.4) is 0 Å². The van der Waals surface area contributed by atoms with E-state index in [4.69, 9.17) is 0 Å². The molecule has 0 unspecified atom stereocenters. The smallest absolute Gasteiger partial charge is 0.0250 e. The minimum Gasteiger partial charge on any atom is -0.315 e. The highest BCUT2D eigenvalue weighted by molar-refractivity contribution is 7.12. The molecule has 0 aliphatic carbocycles. The zero-order valence-corrected chi connectivity index (χ0v) is 12.5. The van der Waals surface area contributed by atoms with Gasteiger partial charge in [0.15, 0.2) is 0 Å². The van der Waals surface area contributed by atoms with Gasteiger partial charge in [-0.25, -0.2) is 0 Å². The van der Waals surface area contributed by atoms with Crippen LogP contribution in [0.5, 0.6) is 0 Å². The highest BCUT2D eigenvalue weighted by atomic mass is 32.1. The highest BCUT2D eigenvalue weighted by Gasteiger charge is 2.39. The van der Waals surface area contributed by atoms with Crippen molar-refractivity contribution in [3.63, 3.8) is 0 Å². The van der Waals surface area contributed by atoms with Crippen LogP contribution < -0.4 is 5.32 Å². The van der Waals surface area contributed by atoms with Gasteiger partial charge >= 0.3 is 0 Å². The van der Waals surface area contributed by atoms with Crippen LogP contribution in [0, 0.1) is 6.92 Å². The predicted octanol–water partition coefficient (Wildman–Crippen LogP) is 3.70. The van der Waals surface area contributed by atoms with Crippen molar-refractivity contribution in [3.8, 4) is 0 Å². The van der Waals surface area contributed by atoms with E-state index in [2.05, 4.69) is 55.6 Å². The molecule has 2 heteroatoms. The maximum absolute atomic E-state index is 3.47. The molecule has 0 radical (unpaired) electrons. The van der Waals surface area contributed by atoms with Crippen LogP contribution in [-0.2, 0) is 18.3 Å². The standard InChI is InChI=1S/C17H21NS/c1-3-15-7-8-16(19-15)10-17(11-18-12-17)14-6-4-5-13(2)9-14/h4-9,18H,3,10-12H2,1-2H3. The molecule has 100 valence electrons. The monoisotopic (exact) mass is 271 g/mol. The molecule has 1 aromatic carbocycles. The van der Waals surface area contributed by atoms with Crippen LogP contribution in [0.25, 0.3) is 0 Å². The Labute approximate surface area is 119 Å². The molecule has 3 rings (SSSR count). The highest BCUT2D eigenvalue weighted by Crippen LogP contribution is 2.35. The lowest BCUT2D eigenvalue weighted by atomic mass is 9.72. The fourth-order valence-corrected chi connectivity index (χ4v) is 3.98. The largest absolute Gasteiger partial charge is 0.315 e. The summed E-state index contributed by atoms with van der Waals surface area (Å²) in [6.07, 6.45) is 2.33. The van der Waals surface area contributed by atoms with Gasteiger partial charge in [0.05, 0.1) is 0 Å². The average molecular weight is 271 g/mol. The first kappa shape index (κ1) is 12.9. The van der Waals surface area contributed by atoms with Gasteiger partial charge in [-0.1, -0.05) is 36.8 Å². The normalized spacial score (nSPS) is 17.2. The molecular weight excluding hydrogens is 250 g/mol. The van der Waals surface area contributed by atoms with Crippen LogP contribution in [-0.4, -0.2) is 13.1 Å². The molecule has 19 heavy (non-hydrogen) atoms. The van der Waals surface area contributed by atoms with E-state index in [9.17, 15) is 0 Å². The first-order valence-corrected chi connectivity index (χ1v) is 7.89. The molecule has 1 fully saturated rings. The molecule has 0 atom stereocenters. The van der Waals surface area contributed by atoms with Crippen molar-refractivity contribution in [2.45, 2.75) is 32.1 Å². The second-order valence-corrected chi connectivity index (χ2v) is 6.90. The molecule has 0 amide bonds. The van der Waals surface area contributed by atoms with Gasteiger partial charge in [0.2, 0.25) is 0 Å². The van der Waals surface area contributed by atoms with Crippen molar-refractivity contribution in [3.05, 3.63) is 57.3 Å². The Hall–Kier alpha value is -1.12. The molecule has 2 aromatic rings. The van der Waals surface area contributed by atoms with E-state index in [1.54, 1.807) is 0 Å². The van der Waals surface area contributed by atoms with Gasteiger partial charge in [-0.15, -0.1) is 11.3 Å². The van der Waals surface area contributed by atoms with E-state index in [1.165, 1.54) is 27.3 Å². The van der Waals surface area contributed by atoms with Crippen molar-refractivity contribution in [2.24, 2.45) is 0 Å². The number of hydrogen-bond donors (Lipinski definition) is 1. The lowest BCUT2D eigenvalue weighted by Gasteiger charge is -2.43. The van der Waals surface area contributed by atoms with Crippen molar-refractivity contribution < 1.29 is 0 Å². The van der Waals surface area contributed by atoms with Gasteiger partial charge in [-0.05, 0) is 37.5 Å². The number of aryl methyl sites for hydroxylation is 2. The van der Waals surface area contributed by atoms with Crippen LogP contribution in [0.4, 0.5) is 0 Å². The fraction of sp³-hybridized carbons (Fsp3) is 0.412. The Balaban J connectivity index is 1.87. The summed E-state index contributed by atoms with van der Waals surface area (Å²) in [7, 11) is 0. The molecule has 1 N–H and O–H groups in total. The third-order valence-electron chi connectivity index (χ3n) is 4.14. The lowest BCUT2D eigenvalue weighted by Crippen LogP contribution is -2.58. The molecule has 1 aliphatic rings. The minimum absolute atomic E-state index is 0.321. The van der Waals surface area contributed by atoms with Crippen molar-refractivity contribution in [1.29, 1.82) is 0 Å². The summed E-state index contributed by atoms with van der Waals surface area (Å²) in [5.41, 5.74) is 3.18. The number of rotatable bonds is 4. The van der Waals surface area contributed by atoms with Crippen LogP contribution >= 0.6 is 11.3 Å². The number of nitrogens with one attached hydrogen (secondary N) is 1. The average Bonchev–Trinajstić information content (AvgIpc) is 2.81. The van der Waals surface area contributed by atoms with Gasteiger partial charge in [0.25, 0.3) is 0 Å². The second kappa shape index (κ2) is 5.10. The lowest BCUT2D eigenvalue weighted by molar-refractivity contribution is 0.276. The first-order chi connectivity index (χ1) is 9.22. The summed E-state index contributed by atoms with van der Waals surface area (Å²) >= 11 is 1.98. The maximum atomic E-state index is 3.47. The van der Waals surface area contributed by atoms with Crippen LogP contribution in [0.1, 0.15) is 27.8 Å². The Morgan fingerprint density at radius 1 is 1.16 bits per heavy atom. The number of hydrogen-bond acceptors (Lipinski definition) is 2. The summed E-state index contributed by atoms with van der Waals surface area (Å²) in [6, 6.07) is 13.6. The summed E-state index contributed by atoms with van der Waals surface area (Å²) in [5, 5.41) is 3.47. The molecule has 2 heterocycles. The van der Waals surface area contributed by atoms with Crippen molar-refractivity contribution >= 4 is 11.3 Å². The van der Waals surface area contributed by atoms with E-state index >= 15 is 0 Å². The molecule has 1 aromatic heterocycles. The topological polar surface area (TPSA) is 12.0 Å². The zero-order chi connectivity index (χ0) is 13.3. The SMILES string of the molecule is CCc1ccc(CC2(c3cccc(C)c3)CNC2)s1. The number of benzene rings is 1. The Morgan fingerprint density at radius 2 is 1.95 bits per heavy atom. The zero-order valence-electron chi connectivity index (χ0n) is 11.7. The van der Waals surface area contributed by atoms with Crippen molar-refractivity contribution in [1.82, 2.24) is 5.32 Å². The summed E-state index contributed by atoms with van der Waals surface area (Å²) < 4.78 is 0. The molecule has 0 spiro atoms. The quantitative estimate of drug-likeness (QED) is 0.894. The Morgan fingerprint density at radius 3 is 2.53 bits per heavy atom.